The molecule has 0 atom stereocenters. The maximum Gasteiger partial charge on any atom is 0.272 e. The van der Waals surface area contributed by atoms with Crippen LogP contribution in [-0.4, -0.2) is 28.5 Å². The highest BCUT2D eigenvalue weighted by molar-refractivity contribution is 7.08. The molecule has 2 heterocycles. The Labute approximate surface area is 133 Å². The van der Waals surface area contributed by atoms with Gasteiger partial charge in [0.2, 0.25) is 0 Å². The third kappa shape index (κ3) is 3.49. The summed E-state index contributed by atoms with van der Waals surface area (Å²) in [6.07, 6.45) is 5.17. The predicted octanol–water partition coefficient (Wildman–Crippen LogP) is 1.68. The number of imidazole rings is 1. The molecule has 0 unspecified atom stereocenters. The first-order valence-electron chi connectivity index (χ1n) is 6.73. The molecule has 0 saturated carbocycles. The zero-order chi connectivity index (χ0) is 15.9. The van der Waals surface area contributed by atoms with Gasteiger partial charge in [0.25, 0.3) is 5.91 Å². The zero-order valence-electron chi connectivity index (χ0n) is 12.4. The Morgan fingerprint density at radius 1 is 1.50 bits per heavy atom. The maximum absolute atomic E-state index is 12.2. The number of hydrogen-bond acceptors (Lipinski definition) is 4. The van der Waals surface area contributed by atoms with E-state index < -0.39 is 0 Å². The van der Waals surface area contributed by atoms with Crippen molar-refractivity contribution in [3.8, 4) is 24.2 Å². The molecule has 0 fully saturated rings. The van der Waals surface area contributed by atoms with Crippen LogP contribution < -0.4 is 10.6 Å². The first-order valence-corrected chi connectivity index (χ1v) is 7.68. The van der Waals surface area contributed by atoms with E-state index in [0.717, 1.165) is 5.56 Å². The van der Waals surface area contributed by atoms with Crippen molar-refractivity contribution in [3.05, 3.63) is 33.9 Å². The second-order valence-electron chi connectivity index (χ2n) is 4.37. The van der Waals surface area contributed by atoms with Crippen LogP contribution in [0.5, 0.6) is 0 Å². The van der Waals surface area contributed by atoms with Gasteiger partial charge in [0.05, 0.1) is 6.54 Å². The molecule has 6 heteroatoms. The van der Waals surface area contributed by atoms with Crippen LogP contribution in [0.1, 0.15) is 28.8 Å². The van der Waals surface area contributed by atoms with Crippen LogP contribution >= 0.6 is 11.3 Å². The van der Waals surface area contributed by atoms with Crippen LogP contribution in [0.4, 0.5) is 5.82 Å². The third-order valence-corrected chi connectivity index (χ3v) is 3.53. The van der Waals surface area contributed by atoms with Crippen molar-refractivity contribution < 1.29 is 4.79 Å². The molecule has 5 nitrogen and oxygen atoms in total. The molecule has 0 saturated heterocycles. The number of carbonyl (C=O) groups excluding carboxylic acids is 1. The molecule has 0 aromatic carbocycles. The summed E-state index contributed by atoms with van der Waals surface area (Å²) in [7, 11) is 1.76. The normalized spacial score (nSPS) is 9.50. The van der Waals surface area contributed by atoms with Crippen molar-refractivity contribution in [2.75, 3.05) is 18.4 Å². The third-order valence-electron chi connectivity index (χ3n) is 2.85. The van der Waals surface area contributed by atoms with Gasteiger partial charge in [-0.05, 0) is 24.3 Å². The van der Waals surface area contributed by atoms with Crippen LogP contribution in [0.2, 0.25) is 0 Å². The van der Waals surface area contributed by atoms with Crippen LogP contribution in [0.15, 0.2) is 16.8 Å². The molecule has 0 aliphatic rings. The Hall–Kier alpha value is -2.70. The minimum absolute atomic E-state index is 0.172. The van der Waals surface area contributed by atoms with Crippen molar-refractivity contribution in [2.24, 2.45) is 7.05 Å². The molecule has 2 rings (SSSR count). The Morgan fingerprint density at radius 2 is 2.32 bits per heavy atom. The molecule has 0 bridgehead atoms. The van der Waals surface area contributed by atoms with Gasteiger partial charge in [-0.3, -0.25) is 4.79 Å². The fourth-order valence-electron chi connectivity index (χ4n) is 1.84. The number of anilines is 1. The minimum atomic E-state index is -0.271. The van der Waals surface area contributed by atoms with Crippen molar-refractivity contribution in [1.29, 1.82) is 0 Å². The number of nitrogens with one attached hydrogen (secondary N) is 2. The molecular weight excluding hydrogens is 296 g/mol. The van der Waals surface area contributed by atoms with Gasteiger partial charge in [-0.25, -0.2) is 4.98 Å². The fraction of sp³-hybridized carbons (Fsp3) is 0.250. The van der Waals surface area contributed by atoms with E-state index >= 15 is 0 Å². The van der Waals surface area contributed by atoms with E-state index in [1.807, 2.05) is 23.8 Å². The molecule has 0 radical (unpaired) electrons. The average molecular weight is 312 g/mol. The largest absolute Gasteiger partial charge is 0.368 e. The first-order chi connectivity index (χ1) is 10.7. The highest BCUT2D eigenvalue weighted by Gasteiger charge is 2.19. The molecule has 112 valence electrons. The fourth-order valence-corrected chi connectivity index (χ4v) is 2.43. The molecule has 2 aromatic rings. The molecular formula is C16H16N4OS. The predicted molar refractivity (Wildman–Crippen MR) is 88.8 cm³/mol. The van der Waals surface area contributed by atoms with Gasteiger partial charge in [-0.1, -0.05) is 11.8 Å². The molecule has 2 aromatic heterocycles. The summed E-state index contributed by atoms with van der Waals surface area (Å²) in [5.41, 5.74) is 1.35. The smallest absolute Gasteiger partial charge is 0.272 e. The van der Waals surface area contributed by atoms with Gasteiger partial charge in [-0.15, -0.1) is 6.42 Å². The standard InChI is InChI=1S/C16H16N4OS/c1-4-9-18-16(21)14-15(17-5-2)19-13(20(14)3)7-6-12-8-10-22-11-12/h1,8,10-11,17H,5,9H2,2-3H3,(H,18,21). The lowest BCUT2D eigenvalue weighted by Crippen LogP contribution is -2.26. The lowest BCUT2D eigenvalue weighted by Gasteiger charge is -2.06. The van der Waals surface area contributed by atoms with Gasteiger partial charge in [0.15, 0.2) is 17.3 Å². The Morgan fingerprint density at radius 3 is 2.95 bits per heavy atom. The lowest BCUT2D eigenvalue weighted by atomic mass is 10.3. The minimum Gasteiger partial charge on any atom is -0.368 e. The van der Waals surface area contributed by atoms with E-state index in [-0.39, 0.29) is 12.5 Å². The van der Waals surface area contributed by atoms with Crippen LogP contribution in [0.25, 0.3) is 0 Å². The first kappa shape index (κ1) is 15.7. The molecule has 1 amide bonds. The van der Waals surface area contributed by atoms with Crippen molar-refractivity contribution >= 4 is 23.1 Å². The van der Waals surface area contributed by atoms with E-state index in [1.54, 1.807) is 23.0 Å². The highest BCUT2D eigenvalue weighted by atomic mass is 32.1. The Bertz CT molecular complexity index is 757. The summed E-state index contributed by atoms with van der Waals surface area (Å²) in [4.78, 5) is 16.6. The number of hydrogen-bond donors (Lipinski definition) is 2. The van der Waals surface area contributed by atoms with E-state index in [0.29, 0.717) is 23.9 Å². The van der Waals surface area contributed by atoms with Gasteiger partial charge in [0.1, 0.15) is 0 Å². The number of aromatic nitrogens is 2. The van der Waals surface area contributed by atoms with Crippen molar-refractivity contribution in [1.82, 2.24) is 14.9 Å². The number of nitrogens with zero attached hydrogens (tertiary/aromatic N) is 2. The van der Waals surface area contributed by atoms with Crippen LogP contribution in [0, 0.1) is 24.2 Å². The summed E-state index contributed by atoms with van der Waals surface area (Å²) < 4.78 is 1.67. The second kappa shape index (κ2) is 7.35. The number of carbonyl (C=O) groups is 1. The monoisotopic (exact) mass is 312 g/mol. The number of terminal acetylenes is 1. The average Bonchev–Trinajstić information content (AvgIpc) is 3.11. The van der Waals surface area contributed by atoms with E-state index in [2.05, 4.69) is 33.4 Å². The highest BCUT2D eigenvalue weighted by Crippen LogP contribution is 2.16. The Kier molecular flexibility index (Phi) is 5.24. The molecule has 0 aliphatic heterocycles. The van der Waals surface area contributed by atoms with Crippen molar-refractivity contribution in [3.63, 3.8) is 0 Å². The van der Waals surface area contributed by atoms with Gasteiger partial charge < -0.3 is 15.2 Å². The van der Waals surface area contributed by atoms with E-state index in [4.69, 9.17) is 6.42 Å². The van der Waals surface area contributed by atoms with Crippen LogP contribution in [-0.2, 0) is 7.05 Å². The molecule has 0 spiro atoms. The van der Waals surface area contributed by atoms with Gasteiger partial charge in [-0.2, -0.15) is 11.3 Å². The summed E-state index contributed by atoms with van der Waals surface area (Å²) in [6.45, 7) is 2.77. The lowest BCUT2D eigenvalue weighted by molar-refractivity contribution is 0.0951. The summed E-state index contributed by atoms with van der Waals surface area (Å²) in [6, 6.07) is 1.94. The zero-order valence-corrected chi connectivity index (χ0v) is 13.3. The molecule has 0 aliphatic carbocycles. The second-order valence-corrected chi connectivity index (χ2v) is 5.15. The van der Waals surface area contributed by atoms with E-state index in [1.165, 1.54) is 0 Å². The van der Waals surface area contributed by atoms with E-state index in [9.17, 15) is 4.79 Å². The number of rotatable bonds is 4. The molecule has 22 heavy (non-hydrogen) atoms. The van der Waals surface area contributed by atoms with Gasteiger partial charge in [0, 0.05) is 24.5 Å². The topological polar surface area (TPSA) is 59.0 Å². The van der Waals surface area contributed by atoms with Crippen molar-refractivity contribution in [2.45, 2.75) is 6.92 Å². The maximum atomic E-state index is 12.2. The summed E-state index contributed by atoms with van der Waals surface area (Å²) in [5.74, 6) is 9.17. The SMILES string of the molecule is C#CCNC(=O)c1c(NCC)nc(C#Cc2ccsc2)n1C. The molecule has 2 N–H and O–H groups in total. The van der Waals surface area contributed by atoms with Crippen LogP contribution in [0.3, 0.4) is 0 Å². The summed E-state index contributed by atoms with van der Waals surface area (Å²) in [5, 5.41) is 9.65. The number of thiophene rings is 1. The quantitative estimate of drug-likeness (QED) is 0.845. The van der Waals surface area contributed by atoms with Gasteiger partial charge >= 0.3 is 0 Å². The Balaban J connectivity index is 2.36. The summed E-state index contributed by atoms with van der Waals surface area (Å²) >= 11 is 1.58. The number of amides is 1.